The van der Waals surface area contributed by atoms with Gasteiger partial charge in [0.15, 0.2) is 9.84 Å². The van der Waals surface area contributed by atoms with Crippen molar-refractivity contribution in [2.45, 2.75) is 17.4 Å². The summed E-state index contributed by atoms with van der Waals surface area (Å²) in [5.74, 6) is -0.638. The molecule has 1 N–H and O–H groups in total. The minimum Gasteiger partial charge on any atom is -0.322 e. The quantitative estimate of drug-likeness (QED) is 0.693. The van der Waals surface area contributed by atoms with E-state index in [1.165, 1.54) is 28.4 Å². The van der Waals surface area contributed by atoms with E-state index in [4.69, 9.17) is 0 Å². The van der Waals surface area contributed by atoms with Crippen molar-refractivity contribution < 1.29 is 18.0 Å². The molecule has 4 rings (SSSR count). The molecule has 0 spiro atoms. The maximum atomic E-state index is 13.3. The number of fused-ring (bicyclic) bond motifs is 1. The molecular weight excluding hydrogens is 408 g/mol. The van der Waals surface area contributed by atoms with Gasteiger partial charge in [-0.05, 0) is 35.2 Å². The van der Waals surface area contributed by atoms with E-state index >= 15 is 0 Å². The number of hydrogen-bond acceptors (Lipinski definition) is 5. The summed E-state index contributed by atoms with van der Waals surface area (Å²) >= 11 is 1.30. The number of sulfone groups is 1. The van der Waals surface area contributed by atoms with Crippen LogP contribution in [0.4, 0.5) is 11.4 Å². The van der Waals surface area contributed by atoms with E-state index in [2.05, 4.69) is 5.32 Å². The van der Waals surface area contributed by atoms with Gasteiger partial charge < -0.3 is 5.32 Å². The third-order valence-corrected chi connectivity index (χ3v) is 6.72. The van der Waals surface area contributed by atoms with Gasteiger partial charge in [-0.25, -0.2) is 8.42 Å². The molecule has 0 radical (unpaired) electrons. The van der Waals surface area contributed by atoms with Crippen molar-refractivity contribution in [3.8, 4) is 0 Å². The van der Waals surface area contributed by atoms with Crippen LogP contribution in [-0.2, 0) is 21.1 Å². The third-order valence-electron chi connectivity index (χ3n) is 4.75. The zero-order valence-corrected chi connectivity index (χ0v) is 17.2. The highest BCUT2D eigenvalue weighted by atomic mass is 32.2. The molecule has 2 amide bonds. The lowest BCUT2D eigenvalue weighted by Gasteiger charge is -2.36. The van der Waals surface area contributed by atoms with E-state index in [9.17, 15) is 18.0 Å². The number of carbonyl (C=O) groups excluding carboxylic acids is 2. The van der Waals surface area contributed by atoms with Gasteiger partial charge in [0, 0.05) is 12.7 Å². The van der Waals surface area contributed by atoms with Gasteiger partial charge in [0.25, 0.3) is 5.91 Å². The van der Waals surface area contributed by atoms with Crippen molar-refractivity contribution in [2.75, 3.05) is 16.5 Å². The first-order chi connectivity index (χ1) is 13.8. The van der Waals surface area contributed by atoms with Crippen LogP contribution in [0.25, 0.3) is 0 Å². The fraction of sp³-hybridized carbons (Fsp3) is 0.143. The van der Waals surface area contributed by atoms with Crippen molar-refractivity contribution >= 4 is 44.4 Å². The second-order valence-electron chi connectivity index (χ2n) is 6.80. The Balaban J connectivity index is 1.82. The highest BCUT2D eigenvalue weighted by molar-refractivity contribution is 7.90. The van der Waals surface area contributed by atoms with E-state index in [0.29, 0.717) is 22.7 Å². The number of nitrogens with zero attached hydrogens (tertiary/aromatic N) is 1. The van der Waals surface area contributed by atoms with Gasteiger partial charge in [-0.1, -0.05) is 36.4 Å². The minimum atomic E-state index is -3.45. The zero-order chi connectivity index (χ0) is 20.6. The molecule has 8 heteroatoms. The largest absolute Gasteiger partial charge is 0.322 e. The van der Waals surface area contributed by atoms with Crippen molar-refractivity contribution in [1.82, 2.24) is 0 Å². The van der Waals surface area contributed by atoms with Gasteiger partial charge >= 0.3 is 0 Å². The Bertz CT molecular complexity index is 1170. The fourth-order valence-corrected chi connectivity index (χ4v) is 4.66. The van der Waals surface area contributed by atoms with Crippen molar-refractivity contribution in [3.63, 3.8) is 0 Å². The van der Waals surface area contributed by atoms with Gasteiger partial charge in [0.05, 0.1) is 21.1 Å². The Morgan fingerprint density at radius 1 is 1.10 bits per heavy atom. The van der Waals surface area contributed by atoms with Crippen LogP contribution in [0.15, 0.2) is 70.9 Å². The molecule has 2 aromatic carbocycles. The van der Waals surface area contributed by atoms with E-state index in [0.717, 1.165) is 11.8 Å². The molecule has 3 aromatic rings. The van der Waals surface area contributed by atoms with Crippen molar-refractivity contribution in [3.05, 3.63) is 76.5 Å². The zero-order valence-electron chi connectivity index (χ0n) is 15.5. The maximum absolute atomic E-state index is 13.3. The summed E-state index contributed by atoms with van der Waals surface area (Å²) in [6.07, 6.45) is 1.45. The molecule has 148 valence electrons. The van der Waals surface area contributed by atoms with E-state index in [1.807, 2.05) is 30.3 Å². The summed E-state index contributed by atoms with van der Waals surface area (Å²) in [6.45, 7) is 0. The molecule has 0 aliphatic carbocycles. The average Bonchev–Trinajstić information content (AvgIpc) is 3.22. The number of nitrogens with one attached hydrogen (secondary N) is 1. The molecule has 1 atom stereocenters. The van der Waals surface area contributed by atoms with Crippen LogP contribution >= 0.6 is 11.3 Å². The van der Waals surface area contributed by atoms with Crippen LogP contribution in [0.1, 0.15) is 15.2 Å². The van der Waals surface area contributed by atoms with Crippen LogP contribution in [0.5, 0.6) is 0 Å². The molecule has 0 saturated heterocycles. The van der Waals surface area contributed by atoms with Crippen LogP contribution in [0.2, 0.25) is 0 Å². The summed E-state index contributed by atoms with van der Waals surface area (Å²) in [5, 5.41) is 4.58. The van der Waals surface area contributed by atoms with Crippen LogP contribution in [-0.4, -0.2) is 32.5 Å². The van der Waals surface area contributed by atoms with Gasteiger partial charge in [0.1, 0.15) is 6.04 Å². The molecular formula is C21H18N2O4S2. The number of carbonyl (C=O) groups is 2. The highest BCUT2D eigenvalue weighted by Gasteiger charge is 2.38. The van der Waals surface area contributed by atoms with Crippen molar-refractivity contribution in [1.29, 1.82) is 0 Å². The van der Waals surface area contributed by atoms with Gasteiger partial charge in [-0.3, -0.25) is 14.5 Å². The number of benzene rings is 2. The Hall–Kier alpha value is -2.97. The van der Waals surface area contributed by atoms with Crippen molar-refractivity contribution in [2.24, 2.45) is 0 Å². The average molecular weight is 427 g/mol. The Labute approximate surface area is 172 Å². The number of anilines is 2. The van der Waals surface area contributed by atoms with E-state index < -0.39 is 15.9 Å². The third kappa shape index (κ3) is 3.81. The van der Waals surface area contributed by atoms with Crippen LogP contribution in [0.3, 0.4) is 0 Å². The molecule has 1 unspecified atom stereocenters. The number of thiophene rings is 1. The minimum absolute atomic E-state index is 0.0848. The predicted molar refractivity (Wildman–Crippen MR) is 113 cm³/mol. The van der Waals surface area contributed by atoms with E-state index in [1.54, 1.807) is 23.6 Å². The van der Waals surface area contributed by atoms with Gasteiger partial charge in [0.2, 0.25) is 5.91 Å². The SMILES string of the molecule is CS(=O)(=O)c1ccc2c(c1)NC(=O)C(Cc1ccccc1)N2C(=O)c1cccs1. The normalized spacial score (nSPS) is 16.2. The molecule has 0 saturated carbocycles. The molecule has 1 aliphatic rings. The molecule has 0 bridgehead atoms. The number of hydrogen-bond donors (Lipinski definition) is 1. The number of amides is 2. The second-order valence-corrected chi connectivity index (χ2v) is 9.76. The summed E-state index contributed by atoms with van der Waals surface area (Å²) in [6, 6.07) is 16.6. The molecule has 6 nitrogen and oxygen atoms in total. The Morgan fingerprint density at radius 2 is 1.86 bits per heavy atom. The smallest absolute Gasteiger partial charge is 0.269 e. The fourth-order valence-electron chi connectivity index (χ4n) is 3.35. The first kappa shape index (κ1) is 19.4. The summed E-state index contributed by atoms with van der Waals surface area (Å²) < 4.78 is 23.8. The van der Waals surface area contributed by atoms with Gasteiger partial charge in [-0.15, -0.1) is 11.3 Å². The summed E-state index contributed by atoms with van der Waals surface area (Å²) in [7, 11) is -3.45. The molecule has 29 heavy (non-hydrogen) atoms. The van der Waals surface area contributed by atoms with Crippen LogP contribution < -0.4 is 10.2 Å². The summed E-state index contributed by atoms with van der Waals surface area (Å²) in [4.78, 5) is 28.3. The molecule has 1 aromatic heterocycles. The lowest BCUT2D eigenvalue weighted by Crippen LogP contribution is -2.52. The standard InChI is InChI=1S/C21H18N2O4S2/c1-29(26,27)15-9-10-17-16(13-15)22-20(24)18(12-14-6-3-2-4-7-14)23(17)21(25)19-8-5-11-28-19/h2-11,13,18H,12H2,1H3,(H,22,24). The maximum Gasteiger partial charge on any atom is 0.269 e. The molecule has 1 aliphatic heterocycles. The first-order valence-corrected chi connectivity index (χ1v) is 11.7. The second kappa shape index (κ2) is 7.46. The monoisotopic (exact) mass is 426 g/mol. The van der Waals surface area contributed by atoms with Gasteiger partial charge in [-0.2, -0.15) is 0 Å². The predicted octanol–water partition coefficient (Wildman–Crippen LogP) is 3.36. The topological polar surface area (TPSA) is 83.6 Å². The number of rotatable bonds is 4. The van der Waals surface area contributed by atoms with E-state index in [-0.39, 0.29) is 16.7 Å². The first-order valence-electron chi connectivity index (χ1n) is 8.90. The lowest BCUT2D eigenvalue weighted by atomic mass is 9.99. The molecule has 0 fully saturated rings. The van der Waals surface area contributed by atoms with Crippen LogP contribution in [0, 0.1) is 0 Å². The molecule has 2 heterocycles. The lowest BCUT2D eigenvalue weighted by molar-refractivity contribution is -0.117. The Morgan fingerprint density at radius 3 is 2.52 bits per heavy atom. The highest BCUT2D eigenvalue weighted by Crippen LogP contribution is 2.36. The summed E-state index contributed by atoms with van der Waals surface area (Å²) in [5.41, 5.74) is 1.72. The Kier molecular flexibility index (Phi) is 4.97.